The summed E-state index contributed by atoms with van der Waals surface area (Å²) >= 11 is 0. The quantitative estimate of drug-likeness (QED) is 0.736. The fourth-order valence-corrected chi connectivity index (χ4v) is 2.48. The molecule has 0 amide bonds. The van der Waals surface area contributed by atoms with E-state index in [1.807, 2.05) is 0 Å². The van der Waals surface area contributed by atoms with Crippen molar-refractivity contribution in [3.05, 3.63) is 0 Å². The van der Waals surface area contributed by atoms with E-state index in [4.69, 9.17) is 5.11 Å². The van der Waals surface area contributed by atoms with E-state index in [1.165, 1.54) is 0 Å². The van der Waals surface area contributed by atoms with Gasteiger partial charge in [0.05, 0.1) is 0 Å². The SMILES string of the molecule is CCCCC(CC(=O)O)C1CCCC1=O. The molecule has 0 spiro atoms. The second kappa shape index (κ2) is 5.89. The molecular weight excluding hydrogens is 192 g/mol. The van der Waals surface area contributed by atoms with Crippen LogP contribution in [-0.4, -0.2) is 16.9 Å². The van der Waals surface area contributed by atoms with Crippen LogP contribution in [0.2, 0.25) is 0 Å². The molecule has 0 heterocycles. The molecule has 1 aliphatic rings. The summed E-state index contributed by atoms with van der Waals surface area (Å²) in [6.45, 7) is 2.09. The molecular formula is C12H20O3. The van der Waals surface area contributed by atoms with Gasteiger partial charge in [-0.2, -0.15) is 0 Å². The van der Waals surface area contributed by atoms with Crippen molar-refractivity contribution in [2.24, 2.45) is 11.8 Å². The zero-order chi connectivity index (χ0) is 11.3. The summed E-state index contributed by atoms with van der Waals surface area (Å²) in [7, 11) is 0. The number of carbonyl (C=O) groups is 2. The third-order valence-electron chi connectivity index (χ3n) is 3.29. The lowest BCUT2D eigenvalue weighted by Crippen LogP contribution is -2.21. The van der Waals surface area contributed by atoms with Gasteiger partial charge in [0.15, 0.2) is 0 Å². The minimum Gasteiger partial charge on any atom is -0.481 e. The van der Waals surface area contributed by atoms with Gasteiger partial charge in [-0.1, -0.05) is 19.8 Å². The number of carboxylic acid groups (broad SMARTS) is 1. The maximum Gasteiger partial charge on any atom is 0.303 e. The highest BCUT2D eigenvalue weighted by Crippen LogP contribution is 2.33. The van der Waals surface area contributed by atoms with E-state index in [9.17, 15) is 9.59 Å². The zero-order valence-corrected chi connectivity index (χ0v) is 9.37. The first-order valence-electron chi connectivity index (χ1n) is 5.89. The zero-order valence-electron chi connectivity index (χ0n) is 9.37. The average Bonchev–Trinajstić information content (AvgIpc) is 2.58. The summed E-state index contributed by atoms with van der Waals surface area (Å²) < 4.78 is 0. The van der Waals surface area contributed by atoms with Crippen molar-refractivity contribution in [3.8, 4) is 0 Å². The van der Waals surface area contributed by atoms with Crippen LogP contribution in [-0.2, 0) is 9.59 Å². The van der Waals surface area contributed by atoms with Gasteiger partial charge in [-0.15, -0.1) is 0 Å². The Morgan fingerprint density at radius 3 is 2.80 bits per heavy atom. The van der Waals surface area contributed by atoms with Crippen molar-refractivity contribution < 1.29 is 14.7 Å². The Balaban J connectivity index is 2.53. The number of Topliss-reactive ketones (excluding diaryl/α,β-unsaturated/α-hetero) is 1. The van der Waals surface area contributed by atoms with Gasteiger partial charge >= 0.3 is 5.97 Å². The minimum absolute atomic E-state index is 0.0349. The van der Waals surface area contributed by atoms with Gasteiger partial charge in [0.2, 0.25) is 0 Å². The Kier molecular flexibility index (Phi) is 4.79. The van der Waals surface area contributed by atoms with E-state index in [0.717, 1.165) is 32.1 Å². The van der Waals surface area contributed by atoms with E-state index < -0.39 is 5.97 Å². The highest BCUT2D eigenvalue weighted by molar-refractivity contribution is 5.83. The van der Waals surface area contributed by atoms with Gasteiger partial charge in [0, 0.05) is 18.8 Å². The Morgan fingerprint density at radius 2 is 2.33 bits per heavy atom. The molecule has 3 heteroatoms. The molecule has 0 radical (unpaired) electrons. The standard InChI is InChI=1S/C12H20O3/c1-2-3-5-9(8-12(14)15)10-6-4-7-11(10)13/h9-10H,2-8H2,1H3,(H,14,15). The first-order valence-corrected chi connectivity index (χ1v) is 5.89. The Labute approximate surface area is 90.9 Å². The average molecular weight is 212 g/mol. The van der Waals surface area contributed by atoms with E-state index in [-0.39, 0.29) is 24.0 Å². The molecule has 0 aliphatic heterocycles. The fraction of sp³-hybridized carbons (Fsp3) is 0.833. The smallest absolute Gasteiger partial charge is 0.303 e. The summed E-state index contributed by atoms with van der Waals surface area (Å²) in [5.41, 5.74) is 0. The van der Waals surface area contributed by atoms with E-state index >= 15 is 0 Å². The van der Waals surface area contributed by atoms with Crippen molar-refractivity contribution >= 4 is 11.8 Å². The Hall–Kier alpha value is -0.860. The number of ketones is 1. The number of carbonyl (C=O) groups excluding carboxylic acids is 1. The first-order chi connectivity index (χ1) is 7.15. The van der Waals surface area contributed by atoms with Crippen LogP contribution in [0.15, 0.2) is 0 Å². The molecule has 86 valence electrons. The monoisotopic (exact) mass is 212 g/mol. The lowest BCUT2D eigenvalue weighted by molar-refractivity contribution is -0.139. The second-order valence-corrected chi connectivity index (χ2v) is 4.47. The molecule has 1 saturated carbocycles. The van der Waals surface area contributed by atoms with Gasteiger partial charge in [0.25, 0.3) is 0 Å². The number of hydrogen-bond donors (Lipinski definition) is 1. The normalized spacial score (nSPS) is 23.0. The fourth-order valence-electron chi connectivity index (χ4n) is 2.48. The largest absolute Gasteiger partial charge is 0.481 e. The molecule has 15 heavy (non-hydrogen) atoms. The third-order valence-corrected chi connectivity index (χ3v) is 3.29. The maximum absolute atomic E-state index is 11.6. The molecule has 0 bridgehead atoms. The van der Waals surface area contributed by atoms with Crippen LogP contribution in [0.1, 0.15) is 51.9 Å². The van der Waals surface area contributed by atoms with Gasteiger partial charge in [-0.25, -0.2) is 0 Å². The molecule has 1 fully saturated rings. The van der Waals surface area contributed by atoms with Crippen LogP contribution >= 0.6 is 0 Å². The number of aliphatic carboxylic acids is 1. The van der Waals surface area contributed by atoms with E-state index in [1.54, 1.807) is 0 Å². The van der Waals surface area contributed by atoms with Crippen molar-refractivity contribution in [2.45, 2.75) is 51.9 Å². The van der Waals surface area contributed by atoms with E-state index in [2.05, 4.69) is 6.92 Å². The Bertz CT molecular complexity index is 235. The summed E-state index contributed by atoms with van der Waals surface area (Å²) in [5, 5.41) is 8.82. The van der Waals surface area contributed by atoms with E-state index in [0.29, 0.717) is 6.42 Å². The van der Waals surface area contributed by atoms with Gasteiger partial charge < -0.3 is 5.11 Å². The molecule has 0 saturated heterocycles. The lowest BCUT2D eigenvalue weighted by Gasteiger charge is -2.20. The molecule has 2 unspecified atom stereocenters. The predicted molar refractivity (Wildman–Crippen MR) is 57.6 cm³/mol. The van der Waals surface area contributed by atoms with Crippen LogP contribution in [0.25, 0.3) is 0 Å². The molecule has 0 aromatic rings. The number of carboxylic acids is 1. The molecule has 1 aliphatic carbocycles. The third kappa shape index (κ3) is 3.65. The van der Waals surface area contributed by atoms with Gasteiger partial charge in [-0.05, 0) is 25.2 Å². The van der Waals surface area contributed by atoms with Crippen LogP contribution in [0, 0.1) is 11.8 Å². The van der Waals surface area contributed by atoms with Gasteiger partial charge in [0.1, 0.15) is 5.78 Å². The molecule has 1 N–H and O–H groups in total. The van der Waals surface area contributed by atoms with Crippen LogP contribution in [0.3, 0.4) is 0 Å². The molecule has 2 atom stereocenters. The number of rotatable bonds is 6. The molecule has 0 aromatic heterocycles. The summed E-state index contributed by atoms with van der Waals surface area (Å²) in [6.07, 6.45) is 5.66. The molecule has 1 rings (SSSR count). The summed E-state index contributed by atoms with van der Waals surface area (Å²) in [5.74, 6) is -0.363. The predicted octanol–water partition coefficient (Wildman–Crippen LogP) is 2.64. The summed E-state index contributed by atoms with van der Waals surface area (Å²) in [4.78, 5) is 22.3. The second-order valence-electron chi connectivity index (χ2n) is 4.47. The maximum atomic E-state index is 11.6. The number of unbranched alkanes of at least 4 members (excludes halogenated alkanes) is 1. The van der Waals surface area contributed by atoms with Crippen molar-refractivity contribution in [1.82, 2.24) is 0 Å². The Morgan fingerprint density at radius 1 is 1.60 bits per heavy atom. The van der Waals surface area contributed by atoms with Crippen molar-refractivity contribution in [2.75, 3.05) is 0 Å². The molecule has 0 aromatic carbocycles. The highest BCUT2D eigenvalue weighted by atomic mass is 16.4. The van der Waals surface area contributed by atoms with Crippen molar-refractivity contribution in [1.29, 1.82) is 0 Å². The molecule has 3 nitrogen and oxygen atoms in total. The van der Waals surface area contributed by atoms with Crippen molar-refractivity contribution in [3.63, 3.8) is 0 Å². The first kappa shape index (κ1) is 12.2. The minimum atomic E-state index is -0.768. The van der Waals surface area contributed by atoms with Crippen LogP contribution in [0.4, 0.5) is 0 Å². The van der Waals surface area contributed by atoms with Crippen LogP contribution in [0.5, 0.6) is 0 Å². The van der Waals surface area contributed by atoms with Crippen LogP contribution < -0.4 is 0 Å². The number of hydrogen-bond acceptors (Lipinski definition) is 2. The lowest BCUT2D eigenvalue weighted by atomic mass is 9.84. The highest BCUT2D eigenvalue weighted by Gasteiger charge is 2.32. The topological polar surface area (TPSA) is 54.4 Å². The van der Waals surface area contributed by atoms with Gasteiger partial charge in [-0.3, -0.25) is 9.59 Å². The summed E-state index contributed by atoms with van der Waals surface area (Å²) in [6, 6.07) is 0.